The van der Waals surface area contributed by atoms with Gasteiger partial charge in [0.15, 0.2) is 0 Å². The minimum atomic E-state index is -1.35. The van der Waals surface area contributed by atoms with E-state index in [4.69, 9.17) is 5.73 Å². The molecule has 0 aliphatic rings. The van der Waals surface area contributed by atoms with Gasteiger partial charge in [0.2, 0.25) is 11.8 Å². The summed E-state index contributed by atoms with van der Waals surface area (Å²) in [5.41, 5.74) is 4.30. The Morgan fingerprint density at radius 2 is 1.75 bits per heavy atom. The Kier molecular flexibility index (Phi) is 10.4. The van der Waals surface area contributed by atoms with Gasteiger partial charge in [-0.15, -0.1) is 0 Å². The topological polar surface area (TPSA) is 240 Å². The smallest absolute Gasteiger partial charge is 0.326 e. The van der Waals surface area contributed by atoms with Crippen LogP contribution in [0.1, 0.15) is 19.3 Å². The summed E-state index contributed by atoms with van der Waals surface area (Å²) in [6.07, 6.45) is 0.666. The number of nitrogens with zero attached hydrogens (tertiary/aromatic N) is 2. The summed E-state index contributed by atoms with van der Waals surface area (Å²) >= 11 is 0. The zero-order valence-corrected chi connectivity index (χ0v) is 16.9. The maximum atomic E-state index is 12.1. The Morgan fingerprint density at radius 1 is 1.06 bits per heavy atom. The summed E-state index contributed by atoms with van der Waals surface area (Å²) in [6, 6.07) is 0.518. The highest BCUT2D eigenvalue weighted by Gasteiger charge is 2.25. The third kappa shape index (κ3) is 8.11. The number of anilines is 1. The minimum Gasteiger partial charge on any atom is -0.480 e. The van der Waals surface area contributed by atoms with Crippen LogP contribution in [-0.4, -0.2) is 69.6 Å². The molecule has 0 fully saturated rings. The molecule has 1 rings (SSSR count). The fourth-order valence-corrected chi connectivity index (χ4v) is 2.61. The zero-order valence-electron chi connectivity index (χ0n) is 16.9. The van der Waals surface area contributed by atoms with E-state index in [-0.39, 0.29) is 18.7 Å². The number of carboxylic acids is 1. The number of hydrogen-bond acceptors (Lipinski definition) is 10. The van der Waals surface area contributed by atoms with E-state index in [1.165, 1.54) is 6.07 Å². The van der Waals surface area contributed by atoms with Gasteiger partial charge in [-0.1, -0.05) is 0 Å². The number of carboxylic acid groups (broad SMARTS) is 1. The van der Waals surface area contributed by atoms with Gasteiger partial charge in [-0.2, -0.15) is 0 Å². The van der Waals surface area contributed by atoms with E-state index in [0.29, 0.717) is 12.8 Å². The second-order valence-corrected chi connectivity index (χ2v) is 6.54. The number of aliphatic carboxylic acids is 1. The standard InChI is InChI=1S/C17H24N6O9/c18-8-15(25)20-13(9-24)16(26)21-12(17(27)28)3-1-2-6-19-11-5-4-10(22(29)30)7-14(11)23(31)32/h4-5,7,12-13,19,24H,1-3,6,8-9,18H2,(H,20,25)(H,21,26)(H,27,28)/t12-,13-/m0/s1. The van der Waals surface area contributed by atoms with E-state index >= 15 is 0 Å². The van der Waals surface area contributed by atoms with Crippen LogP contribution in [0, 0.1) is 20.2 Å². The fraction of sp³-hybridized carbons (Fsp3) is 0.471. The van der Waals surface area contributed by atoms with Crippen molar-refractivity contribution < 1.29 is 34.4 Å². The number of amides is 2. The van der Waals surface area contributed by atoms with Crippen molar-refractivity contribution in [1.82, 2.24) is 10.6 Å². The molecule has 1 aromatic carbocycles. The Hall–Kier alpha value is -3.85. The summed E-state index contributed by atoms with van der Waals surface area (Å²) in [5, 5.41) is 47.5. The number of nitro groups is 2. The second kappa shape index (κ2) is 12.8. The number of unbranched alkanes of at least 4 members (excludes halogenated alkanes) is 1. The van der Waals surface area contributed by atoms with E-state index in [0.717, 1.165) is 12.1 Å². The average molecular weight is 456 g/mol. The minimum absolute atomic E-state index is 0.00803. The van der Waals surface area contributed by atoms with Crippen LogP contribution in [0.3, 0.4) is 0 Å². The number of nitrogens with one attached hydrogen (secondary N) is 3. The fourth-order valence-electron chi connectivity index (χ4n) is 2.61. The van der Waals surface area contributed by atoms with Crippen molar-refractivity contribution in [2.24, 2.45) is 5.73 Å². The first kappa shape index (κ1) is 26.2. The number of aliphatic hydroxyl groups is 1. The lowest BCUT2D eigenvalue weighted by atomic mass is 10.1. The predicted molar refractivity (Wildman–Crippen MR) is 110 cm³/mol. The van der Waals surface area contributed by atoms with Gasteiger partial charge < -0.3 is 31.9 Å². The number of nitrogens with two attached hydrogens (primary N) is 1. The molecule has 0 spiro atoms. The van der Waals surface area contributed by atoms with Crippen molar-refractivity contribution in [2.45, 2.75) is 31.3 Å². The number of nitro benzene ring substituents is 2. The van der Waals surface area contributed by atoms with Gasteiger partial charge in [-0.25, -0.2) is 4.79 Å². The number of non-ortho nitro benzene ring substituents is 1. The molecule has 0 saturated carbocycles. The van der Waals surface area contributed by atoms with Gasteiger partial charge in [0.05, 0.1) is 29.1 Å². The largest absolute Gasteiger partial charge is 0.480 e. The van der Waals surface area contributed by atoms with Crippen molar-refractivity contribution >= 4 is 34.8 Å². The summed E-state index contributed by atoms with van der Waals surface area (Å²) in [7, 11) is 0. The van der Waals surface area contributed by atoms with Gasteiger partial charge in [0.25, 0.3) is 11.4 Å². The van der Waals surface area contributed by atoms with Crippen LogP contribution in [0.4, 0.5) is 17.1 Å². The Morgan fingerprint density at radius 3 is 2.28 bits per heavy atom. The van der Waals surface area contributed by atoms with Gasteiger partial charge in [-0.05, 0) is 25.3 Å². The quantitative estimate of drug-likeness (QED) is 0.114. The average Bonchev–Trinajstić information content (AvgIpc) is 2.75. The highest BCUT2D eigenvalue weighted by molar-refractivity contribution is 5.90. The summed E-state index contributed by atoms with van der Waals surface area (Å²) in [4.78, 5) is 55.1. The molecule has 0 aliphatic carbocycles. The van der Waals surface area contributed by atoms with Crippen molar-refractivity contribution in [3.63, 3.8) is 0 Å². The summed E-state index contributed by atoms with van der Waals surface area (Å²) in [6.45, 7) is -0.960. The molecular formula is C17H24N6O9. The maximum Gasteiger partial charge on any atom is 0.326 e. The number of rotatable bonds is 14. The van der Waals surface area contributed by atoms with E-state index in [1.54, 1.807) is 0 Å². The van der Waals surface area contributed by atoms with Crippen molar-refractivity contribution in [1.29, 1.82) is 0 Å². The van der Waals surface area contributed by atoms with Crippen LogP contribution < -0.4 is 21.7 Å². The van der Waals surface area contributed by atoms with Crippen LogP contribution in [0.5, 0.6) is 0 Å². The third-order valence-corrected chi connectivity index (χ3v) is 4.26. The molecule has 0 unspecified atom stereocenters. The molecule has 32 heavy (non-hydrogen) atoms. The number of aliphatic hydroxyl groups excluding tert-OH is 1. The molecule has 1 aromatic rings. The van der Waals surface area contributed by atoms with E-state index in [2.05, 4.69) is 16.0 Å². The second-order valence-electron chi connectivity index (χ2n) is 6.54. The van der Waals surface area contributed by atoms with Crippen LogP contribution in [-0.2, 0) is 14.4 Å². The molecule has 0 bridgehead atoms. The lowest BCUT2D eigenvalue weighted by Gasteiger charge is -2.20. The predicted octanol–water partition coefficient (Wildman–Crippen LogP) is -0.910. The van der Waals surface area contributed by atoms with Gasteiger partial charge in [-0.3, -0.25) is 29.8 Å². The SMILES string of the molecule is NCC(=O)N[C@@H](CO)C(=O)N[C@@H](CCCCNc1ccc([N+](=O)[O-])cc1[N+](=O)[O-])C(=O)O. The molecule has 0 heterocycles. The highest BCUT2D eigenvalue weighted by atomic mass is 16.6. The van der Waals surface area contributed by atoms with E-state index in [1.807, 2.05) is 0 Å². The molecule has 2 amide bonds. The van der Waals surface area contributed by atoms with Gasteiger partial charge >= 0.3 is 5.97 Å². The summed E-state index contributed by atoms with van der Waals surface area (Å²) in [5.74, 6) is -2.90. The van der Waals surface area contributed by atoms with E-state index < -0.39 is 64.2 Å². The molecule has 0 aliphatic heterocycles. The molecule has 15 heteroatoms. The first-order valence-corrected chi connectivity index (χ1v) is 9.40. The number of carbonyl (C=O) groups is 3. The number of hydrogen-bond donors (Lipinski definition) is 6. The molecule has 0 radical (unpaired) electrons. The van der Waals surface area contributed by atoms with Crippen LogP contribution in [0.25, 0.3) is 0 Å². The monoisotopic (exact) mass is 456 g/mol. The summed E-state index contributed by atoms with van der Waals surface area (Å²) < 4.78 is 0. The third-order valence-electron chi connectivity index (χ3n) is 4.26. The van der Waals surface area contributed by atoms with Crippen molar-refractivity contribution in [2.75, 3.05) is 25.0 Å². The normalized spacial score (nSPS) is 12.3. The Balaban J connectivity index is 2.59. The number of benzene rings is 1. The molecule has 7 N–H and O–H groups in total. The van der Waals surface area contributed by atoms with E-state index in [9.17, 15) is 44.8 Å². The van der Waals surface area contributed by atoms with Crippen molar-refractivity contribution in [3.05, 3.63) is 38.4 Å². The molecule has 176 valence electrons. The molecule has 0 aromatic heterocycles. The number of carbonyl (C=O) groups excluding carboxylic acids is 2. The lowest BCUT2D eigenvalue weighted by Crippen LogP contribution is -2.54. The maximum absolute atomic E-state index is 12.1. The van der Waals surface area contributed by atoms with Crippen LogP contribution in [0.2, 0.25) is 0 Å². The first-order valence-electron chi connectivity index (χ1n) is 9.40. The lowest BCUT2D eigenvalue weighted by molar-refractivity contribution is -0.393. The Bertz CT molecular complexity index is 863. The van der Waals surface area contributed by atoms with Crippen molar-refractivity contribution in [3.8, 4) is 0 Å². The highest BCUT2D eigenvalue weighted by Crippen LogP contribution is 2.28. The van der Waals surface area contributed by atoms with Gasteiger partial charge in [0.1, 0.15) is 17.8 Å². The first-order chi connectivity index (χ1) is 15.1. The van der Waals surface area contributed by atoms with Crippen LogP contribution >= 0.6 is 0 Å². The molecule has 15 nitrogen and oxygen atoms in total. The Labute approximate surface area is 181 Å². The van der Waals surface area contributed by atoms with Crippen LogP contribution in [0.15, 0.2) is 18.2 Å². The molecule has 2 atom stereocenters. The molecular weight excluding hydrogens is 432 g/mol. The van der Waals surface area contributed by atoms with Gasteiger partial charge in [0, 0.05) is 12.6 Å². The zero-order chi connectivity index (χ0) is 24.3. The molecule has 0 saturated heterocycles.